The third-order valence-electron chi connectivity index (χ3n) is 3.18. The number of amides is 1. The third kappa shape index (κ3) is 3.77. The van der Waals surface area contributed by atoms with E-state index in [1.807, 2.05) is 0 Å². The van der Waals surface area contributed by atoms with Crippen LogP contribution in [0.4, 0.5) is 4.79 Å². The first-order chi connectivity index (χ1) is 10.1. The number of carbonyl (C=O) groups is 1. The Morgan fingerprint density at radius 1 is 1.27 bits per heavy atom. The largest absolute Gasteiger partial charge is 0.444 e. The Bertz CT molecular complexity index is 639. The summed E-state index contributed by atoms with van der Waals surface area (Å²) in [7, 11) is -3.61. The van der Waals surface area contributed by atoms with Crippen LogP contribution in [0.2, 0.25) is 0 Å². The fraction of sp³-hybridized carbons (Fsp3) is 0.692. The van der Waals surface area contributed by atoms with Crippen LogP contribution in [0.5, 0.6) is 0 Å². The second-order valence-corrected chi connectivity index (χ2v) is 8.08. The summed E-state index contributed by atoms with van der Waals surface area (Å²) >= 11 is 0. The van der Waals surface area contributed by atoms with E-state index in [0.717, 1.165) is 0 Å². The van der Waals surface area contributed by atoms with Crippen molar-refractivity contribution in [1.29, 1.82) is 0 Å². The standard InChI is InChI=1S/C13H22N4O4S/c1-10-14-9-11(15-10)22(19,20)17-7-5-16(6-8-17)12(18)21-13(2,3)4/h9H,5-8H2,1-4H3,(H,14,15). The van der Waals surface area contributed by atoms with E-state index in [9.17, 15) is 13.2 Å². The number of hydrogen-bond acceptors (Lipinski definition) is 5. The Morgan fingerprint density at radius 2 is 1.86 bits per heavy atom. The van der Waals surface area contributed by atoms with Crippen LogP contribution in [0.3, 0.4) is 0 Å². The lowest BCUT2D eigenvalue weighted by Gasteiger charge is -2.34. The molecule has 0 bridgehead atoms. The summed E-state index contributed by atoms with van der Waals surface area (Å²) < 4.78 is 31.5. The maximum absolute atomic E-state index is 12.4. The van der Waals surface area contributed by atoms with Crippen LogP contribution in [0, 0.1) is 6.92 Å². The number of carbonyl (C=O) groups excluding carboxylic acids is 1. The molecule has 1 N–H and O–H groups in total. The van der Waals surface area contributed by atoms with Gasteiger partial charge in [-0.15, -0.1) is 0 Å². The molecule has 1 fully saturated rings. The van der Waals surface area contributed by atoms with E-state index in [1.54, 1.807) is 27.7 Å². The monoisotopic (exact) mass is 330 g/mol. The van der Waals surface area contributed by atoms with Gasteiger partial charge in [0, 0.05) is 32.4 Å². The maximum atomic E-state index is 12.4. The van der Waals surface area contributed by atoms with Crippen LogP contribution in [0.1, 0.15) is 26.6 Å². The lowest BCUT2D eigenvalue weighted by atomic mass is 10.2. The van der Waals surface area contributed by atoms with Crippen LogP contribution in [0.15, 0.2) is 11.2 Å². The number of piperazine rings is 1. The van der Waals surface area contributed by atoms with Crippen molar-refractivity contribution in [2.75, 3.05) is 26.2 Å². The number of nitrogens with zero attached hydrogens (tertiary/aromatic N) is 3. The summed E-state index contributed by atoms with van der Waals surface area (Å²) in [6.07, 6.45) is 0.963. The highest BCUT2D eigenvalue weighted by Gasteiger charge is 2.32. The van der Waals surface area contributed by atoms with E-state index < -0.39 is 21.7 Å². The average molecular weight is 330 g/mol. The van der Waals surface area contributed by atoms with Gasteiger partial charge in [0.05, 0.1) is 0 Å². The minimum atomic E-state index is -3.61. The first-order valence-corrected chi connectivity index (χ1v) is 8.54. The summed E-state index contributed by atoms with van der Waals surface area (Å²) in [5.74, 6) is 0.547. The number of aromatic nitrogens is 2. The van der Waals surface area contributed by atoms with E-state index in [4.69, 9.17) is 4.74 Å². The quantitative estimate of drug-likeness (QED) is 0.871. The molecule has 1 aromatic heterocycles. The van der Waals surface area contributed by atoms with Gasteiger partial charge in [0.2, 0.25) is 0 Å². The van der Waals surface area contributed by atoms with Gasteiger partial charge in [-0.05, 0) is 27.7 Å². The molecule has 9 heteroatoms. The molecule has 1 amide bonds. The van der Waals surface area contributed by atoms with Gasteiger partial charge >= 0.3 is 6.09 Å². The normalized spacial score (nSPS) is 17.5. The van der Waals surface area contributed by atoms with E-state index in [0.29, 0.717) is 18.9 Å². The second kappa shape index (κ2) is 5.88. The second-order valence-electron chi connectivity index (χ2n) is 6.20. The van der Waals surface area contributed by atoms with E-state index >= 15 is 0 Å². The fourth-order valence-corrected chi connectivity index (χ4v) is 3.47. The zero-order valence-electron chi connectivity index (χ0n) is 13.3. The lowest BCUT2D eigenvalue weighted by molar-refractivity contribution is 0.0192. The molecule has 124 valence electrons. The molecule has 2 heterocycles. The third-order valence-corrected chi connectivity index (χ3v) is 4.96. The number of aromatic amines is 1. The van der Waals surface area contributed by atoms with E-state index in [1.165, 1.54) is 15.4 Å². The minimum Gasteiger partial charge on any atom is -0.444 e. The van der Waals surface area contributed by atoms with Crippen molar-refractivity contribution in [1.82, 2.24) is 19.2 Å². The van der Waals surface area contributed by atoms with Crippen LogP contribution in [-0.2, 0) is 14.8 Å². The van der Waals surface area contributed by atoms with Gasteiger partial charge in [-0.25, -0.2) is 18.2 Å². The molecule has 2 rings (SSSR count). The van der Waals surface area contributed by atoms with E-state index in [2.05, 4.69) is 9.97 Å². The highest BCUT2D eigenvalue weighted by molar-refractivity contribution is 7.89. The number of hydrogen-bond donors (Lipinski definition) is 1. The fourth-order valence-electron chi connectivity index (χ4n) is 2.10. The van der Waals surface area contributed by atoms with Crippen molar-refractivity contribution < 1.29 is 17.9 Å². The smallest absolute Gasteiger partial charge is 0.410 e. The Balaban J connectivity index is 1.99. The SMILES string of the molecule is Cc1nc(S(=O)(=O)N2CCN(C(=O)OC(C)(C)C)CC2)c[nH]1. The first kappa shape index (κ1) is 16.8. The number of nitrogens with one attached hydrogen (secondary N) is 1. The van der Waals surface area contributed by atoms with Gasteiger partial charge in [-0.1, -0.05) is 0 Å². The summed E-state index contributed by atoms with van der Waals surface area (Å²) in [4.78, 5) is 20.2. The molecule has 0 aromatic carbocycles. The summed E-state index contributed by atoms with van der Waals surface area (Å²) in [6.45, 7) is 8.15. The molecule has 0 atom stereocenters. The zero-order chi connectivity index (χ0) is 16.5. The van der Waals surface area contributed by atoms with Gasteiger partial charge in [-0.3, -0.25) is 0 Å². The van der Waals surface area contributed by atoms with Gasteiger partial charge in [-0.2, -0.15) is 4.31 Å². The topological polar surface area (TPSA) is 95.6 Å². The molecular weight excluding hydrogens is 308 g/mol. The molecule has 1 aliphatic heterocycles. The van der Waals surface area contributed by atoms with Crippen molar-refractivity contribution in [3.63, 3.8) is 0 Å². The average Bonchev–Trinajstić information content (AvgIpc) is 2.84. The molecule has 1 aromatic rings. The zero-order valence-corrected chi connectivity index (χ0v) is 14.1. The lowest BCUT2D eigenvalue weighted by Crippen LogP contribution is -2.51. The van der Waals surface area contributed by atoms with Crippen molar-refractivity contribution in [3.8, 4) is 0 Å². The molecule has 1 aliphatic rings. The predicted molar refractivity (Wildman–Crippen MR) is 79.9 cm³/mol. The van der Waals surface area contributed by atoms with Gasteiger partial charge in [0.15, 0.2) is 5.03 Å². The van der Waals surface area contributed by atoms with E-state index in [-0.39, 0.29) is 18.1 Å². The number of sulfonamides is 1. The van der Waals surface area contributed by atoms with Crippen molar-refractivity contribution in [3.05, 3.63) is 12.0 Å². The van der Waals surface area contributed by atoms with Crippen LogP contribution < -0.4 is 0 Å². The molecule has 0 aliphatic carbocycles. The molecule has 0 radical (unpaired) electrons. The summed E-state index contributed by atoms with van der Waals surface area (Å²) in [6, 6.07) is 0. The molecule has 0 spiro atoms. The Kier molecular flexibility index (Phi) is 4.48. The van der Waals surface area contributed by atoms with Gasteiger partial charge in [0.1, 0.15) is 11.4 Å². The summed E-state index contributed by atoms with van der Waals surface area (Å²) in [5, 5.41) is 0.00992. The van der Waals surface area contributed by atoms with Crippen LogP contribution in [0.25, 0.3) is 0 Å². The predicted octanol–water partition coefficient (Wildman–Crippen LogP) is 0.960. The highest BCUT2D eigenvalue weighted by Crippen LogP contribution is 2.17. The van der Waals surface area contributed by atoms with Crippen molar-refractivity contribution >= 4 is 16.1 Å². The Hall–Kier alpha value is -1.61. The number of H-pyrrole nitrogens is 1. The molecule has 0 saturated carbocycles. The highest BCUT2D eigenvalue weighted by atomic mass is 32.2. The maximum Gasteiger partial charge on any atom is 0.410 e. The molecular formula is C13H22N4O4S. The van der Waals surface area contributed by atoms with Gasteiger partial charge < -0.3 is 14.6 Å². The van der Waals surface area contributed by atoms with Crippen molar-refractivity contribution in [2.45, 2.75) is 38.3 Å². The first-order valence-electron chi connectivity index (χ1n) is 7.10. The molecule has 1 saturated heterocycles. The summed E-state index contributed by atoms with van der Waals surface area (Å²) in [5.41, 5.74) is -0.563. The molecule has 8 nitrogen and oxygen atoms in total. The number of aryl methyl sites for hydroxylation is 1. The Morgan fingerprint density at radius 3 is 2.32 bits per heavy atom. The number of imidazole rings is 1. The molecule has 0 unspecified atom stereocenters. The number of rotatable bonds is 2. The van der Waals surface area contributed by atoms with Crippen LogP contribution >= 0.6 is 0 Å². The van der Waals surface area contributed by atoms with Gasteiger partial charge in [0.25, 0.3) is 10.0 Å². The number of ether oxygens (including phenoxy) is 1. The van der Waals surface area contributed by atoms with Crippen molar-refractivity contribution in [2.24, 2.45) is 0 Å². The minimum absolute atomic E-state index is 0.00992. The Labute approximate surface area is 130 Å². The van der Waals surface area contributed by atoms with Crippen LogP contribution in [-0.4, -0.2) is 65.5 Å². The molecule has 22 heavy (non-hydrogen) atoms.